The third-order valence-electron chi connectivity index (χ3n) is 2.28. The predicted molar refractivity (Wildman–Crippen MR) is 52.0 cm³/mol. The minimum Gasteiger partial charge on any atom is -0.383 e. The lowest BCUT2D eigenvalue weighted by Gasteiger charge is -2.20. The topological polar surface area (TPSA) is 37.3 Å². The molecule has 0 unspecified atom stereocenters. The molecule has 16 heavy (non-hydrogen) atoms. The summed E-state index contributed by atoms with van der Waals surface area (Å²) in [6.45, 7) is 1.06. The number of rotatable bonds is 3. The van der Waals surface area contributed by atoms with Crippen LogP contribution in [-0.4, -0.2) is 23.2 Å². The minimum atomic E-state index is -4.77. The Morgan fingerprint density at radius 1 is 1.25 bits per heavy atom. The van der Waals surface area contributed by atoms with Gasteiger partial charge in [-0.1, -0.05) is 37.3 Å². The molecular weight excluding hydrogens is 221 g/mol. The molecule has 2 atom stereocenters. The summed E-state index contributed by atoms with van der Waals surface area (Å²) >= 11 is 0. The van der Waals surface area contributed by atoms with Gasteiger partial charge in [0.05, 0.1) is 5.92 Å². The van der Waals surface area contributed by atoms with Crippen molar-refractivity contribution >= 4 is 5.78 Å². The minimum absolute atomic E-state index is 0.165. The summed E-state index contributed by atoms with van der Waals surface area (Å²) in [5, 5.41) is 8.94. The van der Waals surface area contributed by atoms with E-state index < -0.39 is 24.0 Å². The van der Waals surface area contributed by atoms with Crippen molar-refractivity contribution in [3.8, 4) is 0 Å². The fraction of sp³-hybridized carbons (Fsp3) is 0.364. The number of hydrogen-bond acceptors (Lipinski definition) is 2. The standard InChI is InChI=1S/C11H11F3O2/c1-7(10(16)11(12,13)14)9(15)8-5-3-2-4-6-8/h2-7,10,16H,1H3/t7-,10+/m0/s1. The first-order valence-electron chi connectivity index (χ1n) is 4.68. The molecule has 5 heteroatoms. The zero-order valence-electron chi connectivity index (χ0n) is 8.53. The van der Waals surface area contributed by atoms with Gasteiger partial charge in [0.25, 0.3) is 0 Å². The van der Waals surface area contributed by atoms with Gasteiger partial charge in [-0.25, -0.2) is 0 Å². The number of alkyl halides is 3. The van der Waals surface area contributed by atoms with Gasteiger partial charge in [-0.3, -0.25) is 4.79 Å². The van der Waals surface area contributed by atoms with E-state index in [0.717, 1.165) is 6.92 Å². The Balaban J connectivity index is 2.84. The number of benzene rings is 1. The molecule has 0 aliphatic heterocycles. The van der Waals surface area contributed by atoms with E-state index in [4.69, 9.17) is 5.11 Å². The molecule has 0 amide bonds. The zero-order valence-corrected chi connectivity index (χ0v) is 8.53. The van der Waals surface area contributed by atoms with Crippen LogP contribution in [0.25, 0.3) is 0 Å². The van der Waals surface area contributed by atoms with Gasteiger partial charge < -0.3 is 5.11 Å². The molecule has 0 aliphatic rings. The number of aliphatic hydroxyl groups excluding tert-OH is 1. The first kappa shape index (κ1) is 12.7. The van der Waals surface area contributed by atoms with E-state index in [0.29, 0.717) is 0 Å². The van der Waals surface area contributed by atoms with Crippen LogP contribution < -0.4 is 0 Å². The van der Waals surface area contributed by atoms with Crippen molar-refractivity contribution in [2.45, 2.75) is 19.2 Å². The van der Waals surface area contributed by atoms with Gasteiger partial charge in [0.15, 0.2) is 11.9 Å². The molecule has 1 rings (SSSR count). The molecule has 0 spiro atoms. The van der Waals surface area contributed by atoms with Gasteiger partial charge in [0.1, 0.15) is 0 Å². The summed E-state index contributed by atoms with van der Waals surface area (Å²) in [5.74, 6) is -2.21. The molecule has 0 fully saturated rings. The molecule has 1 aromatic carbocycles. The smallest absolute Gasteiger partial charge is 0.383 e. The second kappa shape index (κ2) is 4.65. The number of halogens is 3. The lowest BCUT2D eigenvalue weighted by molar-refractivity contribution is -0.212. The van der Waals surface area contributed by atoms with E-state index in [-0.39, 0.29) is 5.56 Å². The zero-order chi connectivity index (χ0) is 12.3. The Kier molecular flexibility index (Phi) is 3.70. The number of aliphatic hydroxyl groups is 1. The van der Waals surface area contributed by atoms with Crippen LogP contribution in [-0.2, 0) is 0 Å². The number of Topliss-reactive ketones (excluding diaryl/α,β-unsaturated/α-hetero) is 1. The number of carbonyl (C=O) groups excluding carboxylic acids is 1. The van der Waals surface area contributed by atoms with E-state index >= 15 is 0 Å². The molecule has 88 valence electrons. The summed E-state index contributed by atoms with van der Waals surface area (Å²) < 4.78 is 36.5. The summed E-state index contributed by atoms with van der Waals surface area (Å²) in [6, 6.07) is 7.60. The van der Waals surface area contributed by atoms with Crippen molar-refractivity contribution in [1.29, 1.82) is 0 Å². The van der Waals surface area contributed by atoms with E-state index in [1.165, 1.54) is 12.1 Å². The van der Waals surface area contributed by atoms with Crippen LogP contribution in [0.2, 0.25) is 0 Å². The van der Waals surface area contributed by atoms with Crippen molar-refractivity contribution < 1.29 is 23.1 Å². The van der Waals surface area contributed by atoms with Crippen molar-refractivity contribution in [3.63, 3.8) is 0 Å². The SMILES string of the molecule is C[C@@H](C(=O)c1ccccc1)[C@@H](O)C(F)(F)F. The molecule has 0 aliphatic carbocycles. The van der Waals surface area contributed by atoms with Crippen molar-refractivity contribution in [2.75, 3.05) is 0 Å². The Bertz CT molecular complexity index is 359. The summed E-state index contributed by atoms with van der Waals surface area (Å²) in [6.07, 6.45) is -7.40. The summed E-state index contributed by atoms with van der Waals surface area (Å²) in [7, 11) is 0. The third kappa shape index (κ3) is 2.82. The van der Waals surface area contributed by atoms with Crippen LogP contribution in [0.15, 0.2) is 30.3 Å². The lowest BCUT2D eigenvalue weighted by atomic mass is 9.94. The second-order valence-corrected chi connectivity index (χ2v) is 3.51. The maximum Gasteiger partial charge on any atom is 0.415 e. The van der Waals surface area contributed by atoms with Gasteiger partial charge >= 0.3 is 6.18 Å². The number of hydrogen-bond donors (Lipinski definition) is 1. The maximum absolute atomic E-state index is 12.2. The largest absolute Gasteiger partial charge is 0.415 e. The van der Waals surface area contributed by atoms with Gasteiger partial charge in [-0.2, -0.15) is 13.2 Å². The van der Waals surface area contributed by atoms with Crippen LogP contribution in [0.5, 0.6) is 0 Å². The van der Waals surface area contributed by atoms with Gasteiger partial charge in [0.2, 0.25) is 0 Å². The molecule has 0 aromatic heterocycles. The molecular formula is C11H11F3O2. The molecule has 1 N–H and O–H groups in total. The first-order chi connectivity index (χ1) is 7.34. The van der Waals surface area contributed by atoms with Crippen molar-refractivity contribution in [2.24, 2.45) is 5.92 Å². The third-order valence-corrected chi connectivity index (χ3v) is 2.28. The van der Waals surface area contributed by atoms with E-state index in [9.17, 15) is 18.0 Å². The van der Waals surface area contributed by atoms with Gasteiger partial charge in [-0.05, 0) is 0 Å². The van der Waals surface area contributed by atoms with E-state index in [2.05, 4.69) is 0 Å². The van der Waals surface area contributed by atoms with Crippen molar-refractivity contribution in [3.05, 3.63) is 35.9 Å². The molecule has 0 bridgehead atoms. The highest BCUT2D eigenvalue weighted by molar-refractivity contribution is 5.97. The molecule has 1 aromatic rings. The average Bonchev–Trinajstić information content (AvgIpc) is 2.26. The molecule has 0 saturated heterocycles. The summed E-state index contributed by atoms with van der Waals surface area (Å²) in [4.78, 5) is 11.6. The highest BCUT2D eigenvalue weighted by Crippen LogP contribution is 2.27. The Hall–Kier alpha value is -1.36. The highest BCUT2D eigenvalue weighted by Gasteiger charge is 2.44. The number of ketones is 1. The maximum atomic E-state index is 12.2. The quantitative estimate of drug-likeness (QED) is 0.812. The van der Waals surface area contributed by atoms with Crippen LogP contribution in [0.3, 0.4) is 0 Å². The highest BCUT2D eigenvalue weighted by atomic mass is 19.4. The van der Waals surface area contributed by atoms with Crippen LogP contribution >= 0.6 is 0 Å². The molecule has 0 heterocycles. The Morgan fingerprint density at radius 3 is 2.19 bits per heavy atom. The summed E-state index contributed by atoms with van der Waals surface area (Å²) in [5.41, 5.74) is 0.165. The second-order valence-electron chi connectivity index (χ2n) is 3.51. The fourth-order valence-corrected chi connectivity index (χ4v) is 1.29. The molecule has 2 nitrogen and oxygen atoms in total. The fourth-order valence-electron chi connectivity index (χ4n) is 1.29. The van der Waals surface area contributed by atoms with Gasteiger partial charge in [0, 0.05) is 5.56 Å². The van der Waals surface area contributed by atoms with Gasteiger partial charge in [-0.15, -0.1) is 0 Å². The monoisotopic (exact) mass is 232 g/mol. The van der Waals surface area contributed by atoms with Crippen LogP contribution in [0.1, 0.15) is 17.3 Å². The molecule has 0 radical (unpaired) electrons. The Morgan fingerprint density at radius 2 is 1.75 bits per heavy atom. The van der Waals surface area contributed by atoms with Crippen LogP contribution in [0, 0.1) is 5.92 Å². The predicted octanol–water partition coefficient (Wildman–Crippen LogP) is 2.43. The number of carbonyl (C=O) groups is 1. The molecule has 0 saturated carbocycles. The normalized spacial score (nSPS) is 15.6. The van der Waals surface area contributed by atoms with Crippen LogP contribution in [0.4, 0.5) is 13.2 Å². The average molecular weight is 232 g/mol. The first-order valence-corrected chi connectivity index (χ1v) is 4.68. The van der Waals surface area contributed by atoms with Crippen molar-refractivity contribution in [1.82, 2.24) is 0 Å². The van der Waals surface area contributed by atoms with E-state index in [1.54, 1.807) is 18.2 Å². The Labute approximate surface area is 90.7 Å². The lowest BCUT2D eigenvalue weighted by Crippen LogP contribution is -2.38. The van der Waals surface area contributed by atoms with E-state index in [1.807, 2.05) is 0 Å².